The summed E-state index contributed by atoms with van der Waals surface area (Å²) in [5.41, 5.74) is 2.92. The average Bonchev–Trinajstić information content (AvgIpc) is 3.05. The summed E-state index contributed by atoms with van der Waals surface area (Å²) in [7, 11) is 1.93. The molecule has 1 saturated heterocycles. The van der Waals surface area contributed by atoms with Crippen LogP contribution in [0.25, 0.3) is 0 Å². The molecule has 3 rings (SSSR count). The van der Waals surface area contributed by atoms with Gasteiger partial charge in [-0.3, -0.25) is 9.59 Å². The molecule has 0 radical (unpaired) electrons. The Morgan fingerprint density at radius 3 is 2.41 bits per heavy atom. The van der Waals surface area contributed by atoms with Gasteiger partial charge in [0, 0.05) is 62.8 Å². The molecule has 3 heterocycles. The zero-order chi connectivity index (χ0) is 21.0. The Morgan fingerprint density at radius 1 is 1.21 bits per heavy atom. The number of carbonyl (C=O) groups is 2. The maximum absolute atomic E-state index is 12.9. The first-order chi connectivity index (χ1) is 13.8. The smallest absolute Gasteiger partial charge is 0.243 e. The summed E-state index contributed by atoms with van der Waals surface area (Å²) in [5, 5.41) is 5.91. The summed E-state index contributed by atoms with van der Waals surface area (Å²) < 4.78 is 1.96. The summed E-state index contributed by atoms with van der Waals surface area (Å²) in [5.74, 6) is 0.413. The first kappa shape index (κ1) is 20.8. The van der Waals surface area contributed by atoms with Crippen molar-refractivity contribution in [3.63, 3.8) is 0 Å². The summed E-state index contributed by atoms with van der Waals surface area (Å²) in [6.45, 7) is 6.96. The van der Waals surface area contributed by atoms with Crippen molar-refractivity contribution in [2.75, 3.05) is 18.0 Å². The van der Waals surface area contributed by atoms with Gasteiger partial charge in [-0.1, -0.05) is 0 Å². The molecule has 0 spiro atoms. The number of anilines is 1. The number of aryl methyl sites for hydroxylation is 3. The fourth-order valence-corrected chi connectivity index (χ4v) is 3.75. The van der Waals surface area contributed by atoms with Gasteiger partial charge in [0.1, 0.15) is 6.04 Å². The lowest BCUT2D eigenvalue weighted by molar-refractivity contribution is -0.128. The number of piperidine rings is 1. The van der Waals surface area contributed by atoms with Crippen LogP contribution >= 0.6 is 0 Å². The minimum Gasteiger partial charge on any atom is -0.354 e. The number of hydrogen-bond acceptors (Lipinski definition) is 5. The van der Waals surface area contributed by atoms with E-state index in [9.17, 15) is 9.59 Å². The van der Waals surface area contributed by atoms with Gasteiger partial charge in [-0.2, -0.15) is 0 Å². The Labute approximate surface area is 171 Å². The Bertz CT molecular complexity index is 850. The minimum atomic E-state index is -0.582. The SMILES string of the molecule is CC(=O)NC(Cc1cccn1C)C(=O)NC1CCN(c2nc(C)cc(C)n2)CC1. The van der Waals surface area contributed by atoms with Crippen LogP contribution in [0.3, 0.4) is 0 Å². The zero-order valence-electron chi connectivity index (χ0n) is 17.6. The minimum absolute atomic E-state index is 0.0781. The van der Waals surface area contributed by atoms with E-state index in [0.717, 1.165) is 49.0 Å². The second-order valence-corrected chi connectivity index (χ2v) is 7.79. The highest BCUT2D eigenvalue weighted by Crippen LogP contribution is 2.17. The molecule has 1 atom stereocenters. The van der Waals surface area contributed by atoms with Crippen molar-refractivity contribution in [1.29, 1.82) is 0 Å². The predicted molar refractivity (Wildman–Crippen MR) is 112 cm³/mol. The second-order valence-electron chi connectivity index (χ2n) is 7.79. The molecule has 1 aliphatic heterocycles. The molecule has 0 aliphatic carbocycles. The number of amides is 2. The van der Waals surface area contributed by atoms with Crippen LogP contribution in [0.15, 0.2) is 24.4 Å². The van der Waals surface area contributed by atoms with Crippen molar-refractivity contribution in [1.82, 2.24) is 25.2 Å². The maximum Gasteiger partial charge on any atom is 0.243 e. The van der Waals surface area contributed by atoms with Crippen molar-refractivity contribution >= 4 is 17.8 Å². The van der Waals surface area contributed by atoms with E-state index >= 15 is 0 Å². The zero-order valence-corrected chi connectivity index (χ0v) is 17.6. The van der Waals surface area contributed by atoms with Gasteiger partial charge in [-0.15, -0.1) is 0 Å². The van der Waals surface area contributed by atoms with Crippen LogP contribution in [0.1, 0.15) is 36.8 Å². The molecule has 8 heteroatoms. The van der Waals surface area contributed by atoms with E-state index in [1.807, 2.05) is 49.9 Å². The number of aromatic nitrogens is 3. The van der Waals surface area contributed by atoms with Crippen LogP contribution in [0, 0.1) is 13.8 Å². The van der Waals surface area contributed by atoms with E-state index in [1.165, 1.54) is 6.92 Å². The van der Waals surface area contributed by atoms with Crippen molar-refractivity contribution < 1.29 is 9.59 Å². The number of rotatable bonds is 6. The highest BCUT2D eigenvalue weighted by molar-refractivity contribution is 5.87. The fraction of sp³-hybridized carbons (Fsp3) is 0.524. The Balaban J connectivity index is 1.58. The van der Waals surface area contributed by atoms with E-state index in [1.54, 1.807) is 0 Å². The average molecular weight is 399 g/mol. The quantitative estimate of drug-likeness (QED) is 0.764. The molecule has 156 valence electrons. The molecule has 2 aromatic rings. The first-order valence-corrected chi connectivity index (χ1v) is 10.1. The highest BCUT2D eigenvalue weighted by atomic mass is 16.2. The molecule has 2 amide bonds. The van der Waals surface area contributed by atoms with Gasteiger partial charge < -0.3 is 20.1 Å². The molecule has 1 fully saturated rings. The molecular weight excluding hydrogens is 368 g/mol. The lowest BCUT2D eigenvalue weighted by Gasteiger charge is -2.33. The molecule has 1 unspecified atom stereocenters. The summed E-state index contributed by atoms with van der Waals surface area (Å²) in [4.78, 5) is 35.7. The van der Waals surface area contributed by atoms with Crippen molar-refractivity contribution in [3.05, 3.63) is 41.5 Å². The van der Waals surface area contributed by atoms with Gasteiger partial charge in [-0.05, 0) is 44.9 Å². The normalized spacial score (nSPS) is 15.8. The highest BCUT2D eigenvalue weighted by Gasteiger charge is 2.27. The van der Waals surface area contributed by atoms with E-state index in [-0.39, 0.29) is 17.9 Å². The number of carbonyl (C=O) groups excluding carboxylic acids is 2. The van der Waals surface area contributed by atoms with Crippen LogP contribution in [-0.2, 0) is 23.1 Å². The molecule has 0 bridgehead atoms. The Kier molecular flexibility index (Phi) is 6.51. The first-order valence-electron chi connectivity index (χ1n) is 10.1. The van der Waals surface area contributed by atoms with Crippen molar-refractivity contribution in [3.8, 4) is 0 Å². The van der Waals surface area contributed by atoms with Crippen molar-refractivity contribution in [2.24, 2.45) is 7.05 Å². The van der Waals surface area contributed by atoms with Gasteiger partial charge in [0.25, 0.3) is 0 Å². The maximum atomic E-state index is 12.9. The van der Waals surface area contributed by atoms with Crippen molar-refractivity contribution in [2.45, 2.75) is 52.1 Å². The van der Waals surface area contributed by atoms with Crippen LogP contribution in [0.2, 0.25) is 0 Å². The summed E-state index contributed by atoms with van der Waals surface area (Å²) in [6, 6.07) is 5.36. The Morgan fingerprint density at radius 2 is 1.86 bits per heavy atom. The predicted octanol–water partition coefficient (Wildman–Crippen LogP) is 1.26. The molecule has 0 saturated carbocycles. The van der Waals surface area contributed by atoms with E-state index < -0.39 is 6.04 Å². The number of hydrogen-bond donors (Lipinski definition) is 2. The molecule has 8 nitrogen and oxygen atoms in total. The Hall–Kier alpha value is -2.90. The van der Waals surface area contributed by atoms with Crippen LogP contribution in [-0.4, -0.2) is 51.5 Å². The second kappa shape index (κ2) is 9.07. The third-order valence-electron chi connectivity index (χ3n) is 5.25. The molecular formula is C21H30N6O2. The summed E-state index contributed by atoms with van der Waals surface area (Å²) in [6.07, 6.45) is 4.03. The molecule has 2 aromatic heterocycles. The molecule has 29 heavy (non-hydrogen) atoms. The van der Waals surface area contributed by atoms with Crippen LogP contribution < -0.4 is 15.5 Å². The number of nitrogens with one attached hydrogen (secondary N) is 2. The third kappa shape index (κ3) is 5.56. The van der Waals surface area contributed by atoms with E-state index in [2.05, 4.69) is 25.5 Å². The topological polar surface area (TPSA) is 92.2 Å². The number of nitrogens with zero attached hydrogens (tertiary/aromatic N) is 4. The monoisotopic (exact) mass is 398 g/mol. The van der Waals surface area contributed by atoms with Crippen LogP contribution in [0.4, 0.5) is 5.95 Å². The standard InChI is InChI=1S/C21H30N6O2/c1-14-12-15(2)23-21(22-14)27-10-7-17(8-11-27)25-20(29)19(24-16(3)28)13-18-6-5-9-26(18)4/h5-6,9,12,17,19H,7-8,10-11,13H2,1-4H3,(H,24,28)(H,25,29). The third-order valence-corrected chi connectivity index (χ3v) is 5.25. The largest absolute Gasteiger partial charge is 0.354 e. The van der Waals surface area contributed by atoms with Gasteiger partial charge >= 0.3 is 0 Å². The van der Waals surface area contributed by atoms with Crippen LogP contribution in [0.5, 0.6) is 0 Å². The van der Waals surface area contributed by atoms with Gasteiger partial charge in [-0.25, -0.2) is 9.97 Å². The molecule has 1 aliphatic rings. The van der Waals surface area contributed by atoms with E-state index in [0.29, 0.717) is 6.42 Å². The molecule has 2 N–H and O–H groups in total. The van der Waals surface area contributed by atoms with E-state index in [4.69, 9.17) is 0 Å². The van der Waals surface area contributed by atoms with Gasteiger partial charge in [0.15, 0.2) is 0 Å². The fourth-order valence-electron chi connectivity index (χ4n) is 3.75. The van der Waals surface area contributed by atoms with Gasteiger partial charge in [0.05, 0.1) is 0 Å². The van der Waals surface area contributed by atoms with Gasteiger partial charge in [0.2, 0.25) is 17.8 Å². The summed E-state index contributed by atoms with van der Waals surface area (Å²) >= 11 is 0. The lowest BCUT2D eigenvalue weighted by Crippen LogP contribution is -2.52. The lowest BCUT2D eigenvalue weighted by atomic mass is 10.0. The molecule has 0 aromatic carbocycles.